The largest absolute Gasteiger partial charge is 0.374 e. The van der Waals surface area contributed by atoms with E-state index in [1.165, 1.54) is 81.8 Å². The normalized spacial score (nSPS) is 12.5. The number of rotatable bonds is 19. The molecule has 0 radical (unpaired) electrons. The summed E-state index contributed by atoms with van der Waals surface area (Å²) in [5.74, 6) is 0.694. The Kier molecular flexibility index (Phi) is 15.6. The smallest absolute Gasteiger partial charge is 0.0825 e. The lowest BCUT2D eigenvalue weighted by molar-refractivity contribution is 0.0403. The maximum absolute atomic E-state index is 6.41. The van der Waals surface area contributed by atoms with Crippen LogP contribution in [0.15, 0.2) is 60.7 Å². The van der Waals surface area contributed by atoms with Crippen LogP contribution in [0.3, 0.4) is 0 Å². The molecule has 2 heteroatoms. The van der Waals surface area contributed by atoms with Crippen molar-refractivity contribution in [3.8, 4) is 0 Å². The Balaban J connectivity index is 1.76. The summed E-state index contributed by atoms with van der Waals surface area (Å²) in [4.78, 5) is 0.865. The molecule has 0 aliphatic carbocycles. The van der Waals surface area contributed by atoms with Gasteiger partial charge in [-0.25, -0.2) is 0 Å². The van der Waals surface area contributed by atoms with Crippen molar-refractivity contribution in [2.75, 3.05) is 6.61 Å². The molecule has 0 spiro atoms. The first-order valence-electron chi connectivity index (χ1n) is 14.1. The SMILES string of the molecule is CCCCCCCCCCCCOC(CCC(C)C)c1ccc(C=CC(=S)c2ccccc2)cc1. The van der Waals surface area contributed by atoms with Crippen LogP contribution in [-0.2, 0) is 4.74 Å². The van der Waals surface area contributed by atoms with E-state index < -0.39 is 0 Å². The molecule has 0 saturated carbocycles. The van der Waals surface area contributed by atoms with Gasteiger partial charge in [0, 0.05) is 11.5 Å². The van der Waals surface area contributed by atoms with Gasteiger partial charge in [-0.3, -0.25) is 0 Å². The molecule has 0 aliphatic heterocycles. The lowest BCUT2D eigenvalue weighted by Crippen LogP contribution is -2.07. The summed E-state index contributed by atoms with van der Waals surface area (Å²) in [5.41, 5.74) is 3.55. The van der Waals surface area contributed by atoms with Crippen molar-refractivity contribution < 1.29 is 4.74 Å². The predicted octanol–water partition coefficient (Wildman–Crippen LogP) is 10.5. The van der Waals surface area contributed by atoms with E-state index >= 15 is 0 Å². The van der Waals surface area contributed by atoms with E-state index in [0.717, 1.165) is 23.5 Å². The minimum atomic E-state index is 0.194. The third kappa shape index (κ3) is 13.2. The Morgan fingerprint density at radius 2 is 1.37 bits per heavy atom. The molecule has 2 aromatic carbocycles. The van der Waals surface area contributed by atoms with Crippen LogP contribution < -0.4 is 0 Å². The number of unbranched alkanes of at least 4 members (excludes halogenated alkanes) is 9. The minimum absolute atomic E-state index is 0.194. The van der Waals surface area contributed by atoms with Gasteiger partial charge in [-0.15, -0.1) is 0 Å². The number of hydrogen-bond donors (Lipinski definition) is 0. The van der Waals surface area contributed by atoms with Crippen molar-refractivity contribution >= 4 is 23.2 Å². The van der Waals surface area contributed by atoms with Gasteiger partial charge in [0.15, 0.2) is 0 Å². The second-order valence-electron chi connectivity index (χ2n) is 10.2. The van der Waals surface area contributed by atoms with E-state index in [-0.39, 0.29) is 6.10 Å². The molecule has 0 aliphatic rings. The van der Waals surface area contributed by atoms with Gasteiger partial charge in [-0.05, 0) is 47.9 Å². The summed E-state index contributed by atoms with van der Waals surface area (Å²) in [6, 6.07) is 19.0. The van der Waals surface area contributed by atoms with Gasteiger partial charge in [0.2, 0.25) is 0 Å². The Morgan fingerprint density at radius 1 is 0.771 bits per heavy atom. The van der Waals surface area contributed by atoms with Gasteiger partial charge in [-0.2, -0.15) is 0 Å². The van der Waals surface area contributed by atoms with Crippen molar-refractivity contribution in [3.05, 3.63) is 77.4 Å². The van der Waals surface area contributed by atoms with Crippen molar-refractivity contribution in [2.45, 2.75) is 104 Å². The molecule has 2 aromatic rings. The molecule has 0 amide bonds. The molecule has 2 rings (SSSR count). The molecule has 1 atom stereocenters. The predicted molar refractivity (Wildman–Crippen MR) is 158 cm³/mol. The van der Waals surface area contributed by atoms with E-state index in [0.29, 0.717) is 5.92 Å². The van der Waals surface area contributed by atoms with Crippen molar-refractivity contribution in [2.24, 2.45) is 5.92 Å². The van der Waals surface area contributed by atoms with Gasteiger partial charge in [0.1, 0.15) is 0 Å². The molecule has 35 heavy (non-hydrogen) atoms. The topological polar surface area (TPSA) is 9.23 Å². The summed E-state index contributed by atoms with van der Waals surface area (Å²) in [6.07, 6.45) is 20.2. The van der Waals surface area contributed by atoms with Crippen molar-refractivity contribution in [1.29, 1.82) is 0 Å². The molecule has 0 bridgehead atoms. The number of ether oxygens (including phenoxy) is 1. The van der Waals surface area contributed by atoms with Gasteiger partial charge in [-0.1, -0.05) is 151 Å². The average Bonchev–Trinajstić information content (AvgIpc) is 2.88. The monoisotopic (exact) mass is 492 g/mol. The zero-order chi connectivity index (χ0) is 25.1. The van der Waals surface area contributed by atoms with Crippen LogP contribution >= 0.6 is 12.2 Å². The summed E-state index contributed by atoms with van der Waals surface area (Å²) >= 11 is 5.55. The van der Waals surface area contributed by atoms with Crippen molar-refractivity contribution in [3.63, 3.8) is 0 Å². The van der Waals surface area contributed by atoms with E-state index in [9.17, 15) is 0 Å². The zero-order valence-corrected chi connectivity index (χ0v) is 23.3. The fourth-order valence-corrected chi connectivity index (χ4v) is 4.54. The molecule has 1 nitrogen and oxygen atoms in total. The molecule has 0 fully saturated rings. The quantitative estimate of drug-likeness (QED) is 0.0834. The average molecular weight is 493 g/mol. The molecular weight excluding hydrogens is 444 g/mol. The Hall–Kier alpha value is -1.77. The van der Waals surface area contributed by atoms with E-state index in [1.54, 1.807) is 0 Å². The minimum Gasteiger partial charge on any atom is -0.374 e. The van der Waals surface area contributed by atoms with E-state index in [4.69, 9.17) is 17.0 Å². The standard InChI is InChI=1S/C33H48OS/c1-4-5-6-7-8-9-10-11-12-16-27-34-32(25-19-28(2)3)30-23-20-29(21-24-30)22-26-33(35)31-17-14-13-15-18-31/h13-15,17-18,20-24,26,28,32H,4-12,16,19,25,27H2,1-3H3. The van der Waals surface area contributed by atoms with Crippen LogP contribution in [-0.4, -0.2) is 11.5 Å². The maximum Gasteiger partial charge on any atom is 0.0825 e. The van der Waals surface area contributed by atoms with Crippen LogP contribution in [0, 0.1) is 5.92 Å². The second kappa shape index (κ2) is 18.5. The van der Waals surface area contributed by atoms with Gasteiger partial charge in [0.05, 0.1) is 6.10 Å². The first kappa shape index (κ1) is 29.5. The fourth-order valence-electron chi connectivity index (χ4n) is 4.34. The number of hydrogen-bond acceptors (Lipinski definition) is 2. The zero-order valence-electron chi connectivity index (χ0n) is 22.5. The highest BCUT2D eigenvalue weighted by Gasteiger charge is 2.13. The van der Waals surface area contributed by atoms with Crippen LogP contribution in [0.4, 0.5) is 0 Å². The van der Waals surface area contributed by atoms with Crippen LogP contribution in [0.2, 0.25) is 0 Å². The molecule has 1 unspecified atom stereocenters. The second-order valence-corrected chi connectivity index (χ2v) is 10.7. The first-order valence-corrected chi connectivity index (χ1v) is 14.5. The molecule has 0 heterocycles. The van der Waals surface area contributed by atoms with Crippen molar-refractivity contribution in [1.82, 2.24) is 0 Å². The lowest BCUT2D eigenvalue weighted by atomic mass is 9.98. The number of thiocarbonyl (C=S) groups is 1. The van der Waals surface area contributed by atoms with Crippen LogP contribution in [0.1, 0.15) is 121 Å². The van der Waals surface area contributed by atoms with Crippen LogP contribution in [0.5, 0.6) is 0 Å². The van der Waals surface area contributed by atoms with Gasteiger partial charge >= 0.3 is 0 Å². The Bertz CT molecular complexity index is 822. The van der Waals surface area contributed by atoms with Gasteiger partial charge < -0.3 is 4.74 Å². The molecule has 0 aromatic heterocycles. The number of allylic oxidation sites excluding steroid dienone is 1. The highest BCUT2D eigenvalue weighted by Crippen LogP contribution is 2.26. The molecular formula is C33H48OS. The first-order chi connectivity index (χ1) is 17.1. The summed E-state index contributed by atoms with van der Waals surface area (Å²) in [6.45, 7) is 7.74. The summed E-state index contributed by atoms with van der Waals surface area (Å²) in [7, 11) is 0. The highest BCUT2D eigenvalue weighted by molar-refractivity contribution is 7.81. The third-order valence-electron chi connectivity index (χ3n) is 6.62. The third-order valence-corrected chi connectivity index (χ3v) is 6.99. The molecule has 0 saturated heterocycles. The summed E-state index contributed by atoms with van der Waals surface area (Å²) in [5, 5.41) is 0. The Labute approximate surface area is 221 Å². The maximum atomic E-state index is 6.41. The number of benzene rings is 2. The van der Waals surface area contributed by atoms with Crippen LogP contribution in [0.25, 0.3) is 6.08 Å². The Morgan fingerprint density at radius 3 is 1.97 bits per heavy atom. The van der Waals surface area contributed by atoms with Gasteiger partial charge in [0.25, 0.3) is 0 Å². The van der Waals surface area contributed by atoms with E-state index in [1.807, 2.05) is 24.3 Å². The fraction of sp³-hybridized carbons (Fsp3) is 0.545. The molecule has 0 N–H and O–H groups in total. The van der Waals surface area contributed by atoms with E-state index in [2.05, 4.69) is 63.2 Å². The molecule has 192 valence electrons. The highest BCUT2D eigenvalue weighted by atomic mass is 32.1. The lowest BCUT2D eigenvalue weighted by Gasteiger charge is -2.20. The summed E-state index contributed by atoms with van der Waals surface area (Å²) < 4.78 is 6.41.